The Balaban J connectivity index is 0.00000312. The van der Waals surface area contributed by atoms with Gasteiger partial charge in [-0.15, -0.1) is 24.8 Å². The van der Waals surface area contributed by atoms with Crippen LogP contribution in [0.3, 0.4) is 0 Å². The lowest BCUT2D eigenvalue weighted by Gasteiger charge is -2.35. The van der Waals surface area contributed by atoms with Crippen molar-refractivity contribution in [2.45, 2.75) is 58.4 Å². The van der Waals surface area contributed by atoms with Crippen molar-refractivity contribution >= 4 is 42.3 Å². The maximum Gasteiger partial charge on any atom is 0.237 e. The highest BCUT2D eigenvalue weighted by atomic mass is 35.5. The number of nitrogens with one attached hydrogen (secondary N) is 1. The minimum atomic E-state index is -0.235. The Labute approximate surface area is 301 Å². The van der Waals surface area contributed by atoms with Crippen LogP contribution in [0.2, 0.25) is 5.02 Å². The fourth-order valence-corrected chi connectivity index (χ4v) is 6.13. The van der Waals surface area contributed by atoms with Gasteiger partial charge < -0.3 is 20.5 Å². The third-order valence-electron chi connectivity index (χ3n) is 8.45. The van der Waals surface area contributed by atoms with Crippen molar-refractivity contribution in [1.82, 2.24) is 10.2 Å². The van der Waals surface area contributed by atoms with E-state index in [0.29, 0.717) is 48.3 Å². The van der Waals surface area contributed by atoms with E-state index >= 15 is 0 Å². The Hall–Kier alpha value is -3.77. The number of carbonyl (C=O) groups excluding carboxylic acids is 1. The number of benzene rings is 4. The molecule has 0 aliphatic carbocycles. The summed E-state index contributed by atoms with van der Waals surface area (Å²) in [5.41, 5.74) is 12.5. The van der Waals surface area contributed by atoms with Gasteiger partial charge in [0.05, 0.1) is 22.7 Å². The SMILES string of the molecule is Cc1c(COc2cc(OCc3cccc(C#N)c3)c(CN3CCCCC3C(=O)NCCCN)cc2Cl)cccc1-c1ccccc1.Cl.Cl. The molecule has 1 aliphatic rings. The second-order valence-electron chi connectivity index (χ2n) is 11.7. The van der Waals surface area contributed by atoms with E-state index in [4.69, 9.17) is 26.8 Å². The van der Waals surface area contributed by atoms with Crippen molar-refractivity contribution in [3.8, 4) is 28.7 Å². The Morgan fingerprint density at radius 1 is 0.958 bits per heavy atom. The van der Waals surface area contributed by atoms with Crippen molar-refractivity contribution in [3.63, 3.8) is 0 Å². The van der Waals surface area contributed by atoms with E-state index in [9.17, 15) is 10.1 Å². The first-order chi connectivity index (χ1) is 22.5. The Kier molecular flexibility index (Phi) is 15.5. The first-order valence-electron chi connectivity index (χ1n) is 15.9. The van der Waals surface area contributed by atoms with Crippen molar-refractivity contribution in [3.05, 3.63) is 118 Å². The summed E-state index contributed by atoms with van der Waals surface area (Å²) in [6.45, 7) is 5.12. The fourth-order valence-electron chi connectivity index (χ4n) is 5.89. The number of amides is 1. The van der Waals surface area contributed by atoms with Gasteiger partial charge in [-0.05, 0) is 85.3 Å². The fraction of sp³-hybridized carbons (Fsp3) is 0.316. The monoisotopic (exact) mass is 708 g/mol. The zero-order valence-electron chi connectivity index (χ0n) is 27.1. The summed E-state index contributed by atoms with van der Waals surface area (Å²) in [4.78, 5) is 15.3. The zero-order valence-corrected chi connectivity index (χ0v) is 29.5. The second-order valence-corrected chi connectivity index (χ2v) is 12.1. The van der Waals surface area contributed by atoms with Crippen LogP contribution in [0.15, 0.2) is 84.9 Å². The molecule has 4 aromatic rings. The lowest BCUT2D eigenvalue weighted by molar-refractivity contribution is -0.127. The van der Waals surface area contributed by atoms with Crippen molar-refractivity contribution in [2.24, 2.45) is 5.73 Å². The normalized spacial score (nSPS) is 14.2. The number of likely N-dealkylation sites (tertiary alicyclic amines) is 1. The summed E-state index contributed by atoms with van der Waals surface area (Å²) in [5, 5.41) is 12.9. The van der Waals surface area contributed by atoms with E-state index in [1.807, 2.05) is 54.6 Å². The molecule has 1 aliphatic heterocycles. The highest BCUT2D eigenvalue weighted by molar-refractivity contribution is 6.32. The number of ether oxygens (including phenoxy) is 2. The summed E-state index contributed by atoms with van der Waals surface area (Å²) in [6, 6.07) is 29.6. The molecular formula is C38H43Cl3N4O3. The van der Waals surface area contributed by atoms with E-state index in [1.54, 1.807) is 6.07 Å². The molecule has 3 N–H and O–H groups in total. The molecule has 254 valence electrons. The van der Waals surface area contributed by atoms with Crippen molar-refractivity contribution in [2.75, 3.05) is 19.6 Å². The highest BCUT2D eigenvalue weighted by Gasteiger charge is 2.29. The molecule has 0 radical (unpaired) electrons. The number of hydrogen-bond acceptors (Lipinski definition) is 6. The molecule has 10 heteroatoms. The topological polar surface area (TPSA) is 101 Å². The Morgan fingerprint density at radius 3 is 2.50 bits per heavy atom. The van der Waals surface area contributed by atoms with Crippen LogP contribution in [-0.2, 0) is 24.6 Å². The van der Waals surface area contributed by atoms with E-state index in [-0.39, 0.29) is 43.4 Å². The van der Waals surface area contributed by atoms with Gasteiger partial charge in [-0.3, -0.25) is 9.69 Å². The number of piperidine rings is 1. The minimum absolute atomic E-state index is 0. The van der Waals surface area contributed by atoms with Crippen LogP contribution >= 0.6 is 36.4 Å². The Bertz CT molecular complexity index is 1680. The first-order valence-corrected chi connectivity index (χ1v) is 16.3. The molecule has 1 unspecified atom stereocenters. The quantitative estimate of drug-likeness (QED) is 0.137. The summed E-state index contributed by atoms with van der Waals surface area (Å²) in [5.74, 6) is 1.18. The molecule has 1 fully saturated rings. The maximum absolute atomic E-state index is 13.1. The number of halogens is 3. The molecule has 1 heterocycles. The number of hydrogen-bond donors (Lipinski definition) is 2. The molecular weight excluding hydrogens is 667 g/mol. The molecule has 48 heavy (non-hydrogen) atoms. The van der Waals surface area contributed by atoms with E-state index in [2.05, 4.69) is 47.5 Å². The summed E-state index contributed by atoms with van der Waals surface area (Å²) >= 11 is 6.87. The number of rotatable bonds is 13. The third kappa shape index (κ3) is 10.1. The average molecular weight is 710 g/mol. The average Bonchev–Trinajstić information content (AvgIpc) is 3.08. The molecule has 5 rings (SSSR count). The molecule has 0 bridgehead atoms. The van der Waals surface area contributed by atoms with Gasteiger partial charge in [-0.2, -0.15) is 5.26 Å². The van der Waals surface area contributed by atoms with E-state index in [0.717, 1.165) is 65.6 Å². The molecule has 1 saturated heterocycles. The number of carbonyl (C=O) groups is 1. The molecule has 4 aromatic carbocycles. The summed E-state index contributed by atoms with van der Waals surface area (Å²) in [6.07, 6.45) is 3.56. The lowest BCUT2D eigenvalue weighted by Crippen LogP contribution is -2.49. The standard InChI is InChI=1S/C38H41ClN4O3.2ClH/c1-27-31(14-8-15-33(27)30-12-3-2-4-13-30)26-46-37-22-36(45-25-29-11-7-10-28(20-29)23-41)32(21-34(37)39)24-43-19-6-5-16-35(43)38(44)42-18-9-17-40;;/h2-4,7-8,10-15,20-22,35H,5-6,9,16-19,24-26,40H2,1H3,(H,42,44);2*1H. The molecule has 7 nitrogen and oxygen atoms in total. The third-order valence-corrected chi connectivity index (χ3v) is 8.74. The largest absolute Gasteiger partial charge is 0.488 e. The number of nitrogens with zero attached hydrogens (tertiary/aromatic N) is 2. The Morgan fingerprint density at radius 2 is 1.73 bits per heavy atom. The predicted octanol–water partition coefficient (Wildman–Crippen LogP) is 8.01. The van der Waals surface area contributed by atoms with Crippen LogP contribution in [0.1, 0.15) is 53.5 Å². The van der Waals surface area contributed by atoms with Gasteiger partial charge in [-0.1, -0.05) is 78.7 Å². The first kappa shape index (κ1) is 38.7. The molecule has 0 spiro atoms. The molecule has 1 atom stereocenters. The van der Waals surface area contributed by atoms with Crippen molar-refractivity contribution < 1.29 is 14.3 Å². The zero-order chi connectivity index (χ0) is 32.3. The van der Waals surface area contributed by atoms with E-state index in [1.165, 1.54) is 0 Å². The van der Waals surface area contributed by atoms with Gasteiger partial charge in [0.1, 0.15) is 24.7 Å². The van der Waals surface area contributed by atoms with Gasteiger partial charge in [0.25, 0.3) is 0 Å². The van der Waals surface area contributed by atoms with Crippen LogP contribution in [0.25, 0.3) is 11.1 Å². The van der Waals surface area contributed by atoms with Gasteiger partial charge in [-0.25, -0.2) is 0 Å². The number of nitriles is 1. The van der Waals surface area contributed by atoms with Crippen LogP contribution < -0.4 is 20.5 Å². The number of nitrogens with two attached hydrogens (primary N) is 1. The second kappa shape index (κ2) is 19.3. The molecule has 0 saturated carbocycles. The molecule has 1 amide bonds. The smallest absolute Gasteiger partial charge is 0.237 e. The van der Waals surface area contributed by atoms with Crippen LogP contribution in [0.5, 0.6) is 11.5 Å². The maximum atomic E-state index is 13.1. The highest BCUT2D eigenvalue weighted by Crippen LogP contribution is 2.36. The summed E-state index contributed by atoms with van der Waals surface area (Å²) < 4.78 is 12.7. The van der Waals surface area contributed by atoms with Gasteiger partial charge in [0, 0.05) is 24.7 Å². The molecule has 0 aromatic heterocycles. The predicted molar refractivity (Wildman–Crippen MR) is 197 cm³/mol. The van der Waals surface area contributed by atoms with Crippen molar-refractivity contribution in [1.29, 1.82) is 5.26 Å². The summed E-state index contributed by atoms with van der Waals surface area (Å²) in [7, 11) is 0. The van der Waals surface area contributed by atoms with Crippen LogP contribution in [-0.4, -0.2) is 36.5 Å². The minimum Gasteiger partial charge on any atom is -0.488 e. The van der Waals surface area contributed by atoms with Gasteiger partial charge in [0.2, 0.25) is 5.91 Å². The van der Waals surface area contributed by atoms with Crippen LogP contribution in [0, 0.1) is 18.3 Å². The van der Waals surface area contributed by atoms with Gasteiger partial charge in [0.15, 0.2) is 0 Å². The van der Waals surface area contributed by atoms with Gasteiger partial charge >= 0.3 is 0 Å². The lowest BCUT2D eigenvalue weighted by atomic mass is 9.97. The van der Waals surface area contributed by atoms with E-state index < -0.39 is 0 Å². The van der Waals surface area contributed by atoms with Crippen LogP contribution in [0.4, 0.5) is 0 Å².